The Labute approximate surface area is 144 Å². The molecular weight excluding hydrogens is 322 g/mol. The first-order chi connectivity index (χ1) is 12.0. The first-order valence-corrected chi connectivity index (χ1v) is 8.16. The number of carbonyl (C=O) groups excluding carboxylic acids is 1. The average molecular weight is 341 g/mol. The summed E-state index contributed by atoms with van der Waals surface area (Å²) >= 11 is 0. The van der Waals surface area contributed by atoms with Gasteiger partial charge in [-0.2, -0.15) is 5.10 Å². The molecule has 1 heterocycles. The van der Waals surface area contributed by atoms with Crippen LogP contribution in [0.4, 0.5) is 0 Å². The van der Waals surface area contributed by atoms with Crippen molar-refractivity contribution in [2.24, 2.45) is 5.92 Å². The Hall–Kier alpha value is -2.96. The zero-order valence-corrected chi connectivity index (χ0v) is 13.8. The number of carboxylic acids is 1. The van der Waals surface area contributed by atoms with Gasteiger partial charge in [-0.25, -0.2) is 4.68 Å². The number of aromatic nitrogens is 2. The van der Waals surface area contributed by atoms with E-state index >= 15 is 0 Å². The normalized spacial score (nSPS) is 19.6. The van der Waals surface area contributed by atoms with Crippen LogP contribution in [0.25, 0.3) is 5.69 Å². The summed E-state index contributed by atoms with van der Waals surface area (Å²) in [6.45, 7) is 1.75. The summed E-state index contributed by atoms with van der Waals surface area (Å²) in [4.78, 5) is 35.7. The molecule has 7 heteroatoms. The van der Waals surface area contributed by atoms with E-state index in [1.54, 1.807) is 11.6 Å². The summed E-state index contributed by atoms with van der Waals surface area (Å²) in [5.74, 6) is -1.86. The maximum absolute atomic E-state index is 12.5. The van der Waals surface area contributed by atoms with Crippen LogP contribution in [-0.4, -0.2) is 32.8 Å². The van der Waals surface area contributed by atoms with E-state index in [4.69, 9.17) is 5.11 Å². The summed E-state index contributed by atoms with van der Waals surface area (Å²) in [6, 6.07) is 10.4. The van der Waals surface area contributed by atoms with Gasteiger partial charge in [-0.05, 0) is 38.3 Å². The number of aliphatic carboxylic acids is 1. The van der Waals surface area contributed by atoms with Gasteiger partial charge in [-0.3, -0.25) is 14.4 Å². The molecule has 2 atom stereocenters. The van der Waals surface area contributed by atoms with Gasteiger partial charge >= 0.3 is 5.97 Å². The van der Waals surface area contributed by atoms with Crippen molar-refractivity contribution in [1.82, 2.24) is 15.1 Å². The standard InChI is InChI=1S/C18H19N3O4/c1-11-9-15(22)16(20-21(11)14-5-3-2-4-6-14)17(23)19-13-8-7-12(10-13)18(24)25/h2-6,9,12-13H,7-8,10H2,1H3,(H,19,23)(H,24,25)/t12-,13+/m0/s1. The number of carboxylic acid groups (broad SMARTS) is 1. The second-order valence-corrected chi connectivity index (χ2v) is 6.26. The van der Waals surface area contributed by atoms with Crippen LogP contribution >= 0.6 is 0 Å². The van der Waals surface area contributed by atoms with Crippen LogP contribution in [0.2, 0.25) is 0 Å². The SMILES string of the molecule is Cc1cc(=O)c(C(=O)N[C@@H]2CC[C@H](C(=O)O)C2)nn1-c1ccccc1. The third-order valence-electron chi connectivity index (χ3n) is 4.44. The number of nitrogens with one attached hydrogen (secondary N) is 1. The molecule has 1 aromatic heterocycles. The molecule has 7 nitrogen and oxygen atoms in total. The van der Waals surface area contributed by atoms with Crippen molar-refractivity contribution >= 4 is 11.9 Å². The minimum Gasteiger partial charge on any atom is -0.481 e. The van der Waals surface area contributed by atoms with Crippen LogP contribution in [-0.2, 0) is 4.79 Å². The molecule has 1 aliphatic rings. The summed E-state index contributed by atoms with van der Waals surface area (Å²) in [5, 5.41) is 16.0. The van der Waals surface area contributed by atoms with Crippen LogP contribution in [0.15, 0.2) is 41.2 Å². The van der Waals surface area contributed by atoms with Crippen molar-refractivity contribution in [2.45, 2.75) is 32.2 Å². The fourth-order valence-electron chi connectivity index (χ4n) is 3.13. The number of benzene rings is 1. The zero-order chi connectivity index (χ0) is 18.0. The molecule has 1 saturated carbocycles. The molecule has 2 N–H and O–H groups in total. The second-order valence-electron chi connectivity index (χ2n) is 6.26. The van der Waals surface area contributed by atoms with Gasteiger partial charge < -0.3 is 10.4 Å². The number of hydrogen-bond acceptors (Lipinski definition) is 4. The summed E-state index contributed by atoms with van der Waals surface area (Å²) in [6.07, 6.45) is 1.48. The third-order valence-corrected chi connectivity index (χ3v) is 4.44. The highest BCUT2D eigenvalue weighted by atomic mass is 16.4. The molecule has 0 unspecified atom stereocenters. The van der Waals surface area contributed by atoms with Crippen molar-refractivity contribution < 1.29 is 14.7 Å². The number of nitrogens with zero attached hydrogens (tertiary/aromatic N) is 2. The third kappa shape index (κ3) is 3.60. The van der Waals surface area contributed by atoms with E-state index in [1.165, 1.54) is 6.07 Å². The van der Waals surface area contributed by atoms with E-state index in [1.807, 2.05) is 30.3 Å². The summed E-state index contributed by atoms with van der Waals surface area (Å²) < 4.78 is 1.55. The van der Waals surface area contributed by atoms with Gasteiger partial charge in [0, 0.05) is 17.8 Å². The minimum atomic E-state index is -0.850. The highest BCUT2D eigenvalue weighted by molar-refractivity contribution is 5.92. The molecule has 1 aliphatic carbocycles. The first-order valence-electron chi connectivity index (χ1n) is 8.16. The van der Waals surface area contributed by atoms with Crippen molar-refractivity contribution in [3.63, 3.8) is 0 Å². The van der Waals surface area contributed by atoms with Gasteiger partial charge in [0.25, 0.3) is 5.91 Å². The highest BCUT2D eigenvalue weighted by Gasteiger charge is 2.31. The van der Waals surface area contributed by atoms with E-state index in [0.717, 1.165) is 5.69 Å². The lowest BCUT2D eigenvalue weighted by atomic mass is 10.1. The van der Waals surface area contributed by atoms with E-state index < -0.39 is 23.2 Å². The molecule has 1 fully saturated rings. The Morgan fingerprint density at radius 3 is 2.60 bits per heavy atom. The predicted octanol–water partition coefficient (Wildman–Crippen LogP) is 1.52. The minimum absolute atomic E-state index is 0.187. The Morgan fingerprint density at radius 2 is 1.96 bits per heavy atom. The monoisotopic (exact) mass is 341 g/mol. The number of hydrogen-bond donors (Lipinski definition) is 2. The molecule has 0 radical (unpaired) electrons. The van der Waals surface area contributed by atoms with Crippen molar-refractivity contribution in [3.05, 3.63) is 58.0 Å². The summed E-state index contributed by atoms with van der Waals surface area (Å²) in [5.41, 5.74) is 0.739. The molecule has 0 bridgehead atoms. The second kappa shape index (κ2) is 6.88. The van der Waals surface area contributed by atoms with Crippen LogP contribution in [0.3, 0.4) is 0 Å². The van der Waals surface area contributed by atoms with Crippen molar-refractivity contribution in [1.29, 1.82) is 0 Å². The highest BCUT2D eigenvalue weighted by Crippen LogP contribution is 2.25. The van der Waals surface area contributed by atoms with Gasteiger partial charge in [-0.15, -0.1) is 0 Å². The van der Waals surface area contributed by atoms with Crippen molar-refractivity contribution in [3.8, 4) is 5.69 Å². The lowest BCUT2D eigenvalue weighted by Crippen LogP contribution is -2.37. The number of carbonyl (C=O) groups is 2. The lowest BCUT2D eigenvalue weighted by molar-refractivity contribution is -0.141. The van der Waals surface area contributed by atoms with Gasteiger partial charge in [0.1, 0.15) is 0 Å². The Balaban J connectivity index is 1.83. The number of para-hydroxylation sites is 1. The van der Waals surface area contributed by atoms with Gasteiger partial charge in [0.15, 0.2) is 5.69 Å². The largest absolute Gasteiger partial charge is 0.481 e. The Morgan fingerprint density at radius 1 is 1.24 bits per heavy atom. The molecule has 130 valence electrons. The first kappa shape index (κ1) is 16.9. The molecule has 0 spiro atoms. The fraction of sp³-hybridized carbons (Fsp3) is 0.333. The number of aryl methyl sites for hydroxylation is 1. The predicted molar refractivity (Wildman–Crippen MR) is 90.8 cm³/mol. The molecule has 0 saturated heterocycles. The Kier molecular flexibility index (Phi) is 4.65. The average Bonchev–Trinajstić information content (AvgIpc) is 3.04. The van der Waals surface area contributed by atoms with Crippen LogP contribution in [0.1, 0.15) is 35.4 Å². The maximum Gasteiger partial charge on any atom is 0.306 e. The van der Waals surface area contributed by atoms with E-state index in [9.17, 15) is 14.4 Å². The van der Waals surface area contributed by atoms with Crippen LogP contribution < -0.4 is 10.7 Å². The zero-order valence-electron chi connectivity index (χ0n) is 13.8. The van der Waals surface area contributed by atoms with Gasteiger partial charge in [0.2, 0.25) is 5.43 Å². The van der Waals surface area contributed by atoms with Gasteiger partial charge in [-0.1, -0.05) is 18.2 Å². The van der Waals surface area contributed by atoms with Crippen LogP contribution in [0, 0.1) is 12.8 Å². The smallest absolute Gasteiger partial charge is 0.306 e. The van der Waals surface area contributed by atoms with Crippen LogP contribution in [0.5, 0.6) is 0 Å². The van der Waals surface area contributed by atoms with E-state index in [-0.39, 0.29) is 11.7 Å². The molecule has 2 aromatic rings. The van der Waals surface area contributed by atoms with Crippen molar-refractivity contribution in [2.75, 3.05) is 0 Å². The lowest BCUT2D eigenvalue weighted by Gasteiger charge is -2.14. The van der Waals surface area contributed by atoms with Gasteiger partial charge in [0.05, 0.1) is 11.6 Å². The maximum atomic E-state index is 12.5. The molecule has 1 aromatic carbocycles. The number of amides is 1. The quantitative estimate of drug-likeness (QED) is 0.878. The number of rotatable bonds is 4. The van der Waals surface area contributed by atoms with E-state index in [0.29, 0.717) is 25.0 Å². The topological polar surface area (TPSA) is 101 Å². The fourth-order valence-corrected chi connectivity index (χ4v) is 3.13. The molecule has 25 heavy (non-hydrogen) atoms. The molecule has 1 amide bonds. The molecule has 0 aliphatic heterocycles. The molecular formula is C18H19N3O4. The van der Waals surface area contributed by atoms with E-state index in [2.05, 4.69) is 10.4 Å². The molecule has 3 rings (SSSR count). The summed E-state index contributed by atoms with van der Waals surface area (Å²) in [7, 11) is 0. The Bertz CT molecular complexity index is 860.